The first-order valence-electron chi connectivity index (χ1n) is 6.21. The van der Waals surface area contributed by atoms with Crippen LogP contribution in [0, 0.1) is 0 Å². The minimum Gasteiger partial charge on any atom is -0.0683 e. The molecule has 0 nitrogen and oxygen atoms in total. The second kappa shape index (κ2) is 4.83. The van der Waals surface area contributed by atoms with E-state index in [1.54, 1.807) is 11.1 Å². The first-order chi connectivity index (χ1) is 7.11. The molecule has 84 valence electrons. The van der Waals surface area contributed by atoms with Gasteiger partial charge in [0.1, 0.15) is 0 Å². The normalized spacial score (nSPS) is 22.3. The van der Waals surface area contributed by atoms with Crippen molar-refractivity contribution in [2.24, 2.45) is 0 Å². The van der Waals surface area contributed by atoms with Gasteiger partial charge in [-0.15, -0.1) is 0 Å². The lowest BCUT2D eigenvalue weighted by Crippen LogP contribution is -2.25. The summed E-state index contributed by atoms with van der Waals surface area (Å²) >= 11 is 0. The predicted octanol–water partition coefficient (Wildman–Crippen LogP) is 4.89. The molecule has 0 heteroatoms. The van der Waals surface area contributed by atoms with Gasteiger partial charge in [0.25, 0.3) is 0 Å². The van der Waals surface area contributed by atoms with E-state index in [0.29, 0.717) is 5.41 Å². The largest absolute Gasteiger partial charge is 0.0683 e. The van der Waals surface area contributed by atoms with Crippen LogP contribution in [-0.4, -0.2) is 0 Å². The van der Waals surface area contributed by atoms with Crippen molar-refractivity contribution in [1.29, 1.82) is 0 Å². The molecule has 1 aliphatic rings. The molecule has 1 unspecified atom stereocenters. The number of benzene rings is 1. The minimum atomic E-state index is 0.392. The van der Waals surface area contributed by atoms with Crippen LogP contribution in [0.2, 0.25) is 0 Å². The quantitative estimate of drug-likeness (QED) is 0.564. The molecule has 1 aromatic carbocycles. The van der Waals surface area contributed by atoms with Gasteiger partial charge in [0.05, 0.1) is 0 Å². The SMILES string of the molecule is CC.CC1CCC(C)(C)c2ccccc21. The standard InChI is InChI=1S/C13H18.C2H6/c1-10-8-9-13(2,3)12-7-5-4-6-11(10)12;1-2/h4-7,10H,8-9H2,1-3H3;1-2H3. The summed E-state index contributed by atoms with van der Waals surface area (Å²) in [6.45, 7) is 11.1. The first kappa shape index (κ1) is 12.3. The van der Waals surface area contributed by atoms with Crippen molar-refractivity contribution in [2.75, 3.05) is 0 Å². The van der Waals surface area contributed by atoms with E-state index in [1.807, 2.05) is 13.8 Å². The summed E-state index contributed by atoms with van der Waals surface area (Å²) in [6.07, 6.45) is 2.66. The fourth-order valence-electron chi connectivity index (χ4n) is 2.41. The Bertz CT molecular complexity index is 310. The van der Waals surface area contributed by atoms with Crippen LogP contribution in [0.25, 0.3) is 0 Å². The predicted molar refractivity (Wildman–Crippen MR) is 68.5 cm³/mol. The number of rotatable bonds is 0. The van der Waals surface area contributed by atoms with Gasteiger partial charge in [-0.2, -0.15) is 0 Å². The van der Waals surface area contributed by atoms with Crippen LogP contribution in [0.1, 0.15) is 64.5 Å². The highest BCUT2D eigenvalue weighted by atomic mass is 14.3. The Morgan fingerprint density at radius 3 is 2.33 bits per heavy atom. The van der Waals surface area contributed by atoms with Crippen LogP contribution in [0.5, 0.6) is 0 Å². The van der Waals surface area contributed by atoms with Gasteiger partial charge in [-0.05, 0) is 35.3 Å². The smallest absolute Gasteiger partial charge is 0.0101 e. The van der Waals surface area contributed by atoms with Gasteiger partial charge in [-0.25, -0.2) is 0 Å². The van der Waals surface area contributed by atoms with Crippen molar-refractivity contribution in [3.05, 3.63) is 35.4 Å². The average molecular weight is 204 g/mol. The van der Waals surface area contributed by atoms with Crippen LogP contribution < -0.4 is 0 Å². The average Bonchev–Trinajstić information content (AvgIpc) is 2.27. The molecule has 0 heterocycles. The van der Waals surface area contributed by atoms with E-state index >= 15 is 0 Å². The van der Waals surface area contributed by atoms with E-state index in [0.717, 1.165) is 5.92 Å². The van der Waals surface area contributed by atoms with Crippen molar-refractivity contribution in [1.82, 2.24) is 0 Å². The monoisotopic (exact) mass is 204 g/mol. The molecule has 1 aromatic rings. The molecule has 1 aliphatic carbocycles. The van der Waals surface area contributed by atoms with E-state index < -0.39 is 0 Å². The van der Waals surface area contributed by atoms with E-state index in [1.165, 1.54) is 12.8 Å². The van der Waals surface area contributed by atoms with Crippen LogP contribution >= 0.6 is 0 Å². The topological polar surface area (TPSA) is 0 Å². The summed E-state index contributed by atoms with van der Waals surface area (Å²) in [6, 6.07) is 8.92. The lowest BCUT2D eigenvalue weighted by molar-refractivity contribution is 0.402. The van der Waals surface area contributed by atoms with Gasteiger partial charge in [0.15, 0.2) is 0 Å². The third-order valence-electron chi connectivity index (χ3n) is 3.42. The van der Waals surface area contributed by atoms with Gasteiger partial charge in [0, 0.05) is 0 Å². The Labute approximate surface area is 94.7 Å². The lowest BCUT2D eigenvalue weighted by Gasteiger charge is -2.35. The van der Waals surface area contributed by atoms with Crippen LogP contribution in [0.4, 0.5) is 0 Å². The maximum atomic E-state index is 2.36. The maximum Gasteiger partial charge on any atom is -0.0101 e. The zero-order valence-electron chi connectivity index (χ0n) is 10.8. The van der Waals surface area contributed by atoms with Crippen molar-refractivity contribution in [3.8, 4) is 0 Å². The highest BCUT2D eigenvalue weighted by Gasteiger charge is 2.29. The van der Waals surface area contributed by atoms with Crippen molar-refractivity contribution < 1.29 is 0 Å². The summed E-state index contributed by atoms with van der Waals surface area (Å²) in [5.41, 5.74) is 3.52. The Morgan fingerprint density at radius 2 is 1.73 bits per heavy atom. The van der Waals surface area contributed by atoms with Gasteiger partial charge < -0.3 is 0 Å². The highest BCUT2D eigenvalue weighted by molar-refractivity contribution is 5.37. The maximum absolute atomic E-state index is 2.36. The fraction of sp³-hybridized carbons (Fsp3) is 0.600. The molecule has 0 aliphatic heterocycles. The minimum absolute atomic E-state index is 0.392. The number of hydrogen-bond acceptors (Lipinski definition) is 0. The van der Waals surface area contributed by atoms with E-state index in [4.69, 9.17) is 0 Å². The Kier molecular flexibility index (Phi) is 3.96. The van der Waals surface area contributed by atoms with E-state index in [2.05, 4.69) is 45.0 Å². The lowest BCUT2D eigenvalue weighted by atomic mass is 9.69. The van der Waals surface area contributed by atoms with E-state index in [-0.39, 0.29) is 0 Å². The molecule has 0 bridgehead atoms. The van der Waals surface area contributed by atoms with Crippen molar-refractivity contribution >= 4 is 0 Å². The second-order valence-corrected chi connectivity index (χ2v) is 4.91. The van der Waals surface area contributed by atoms with Gasteiger partial charge in [-0.1, -0.05) is 58.9 Å². The highest BCUT2D eigenvalue weighted by Crippen LogP contribution is 2.41. The van der Waals surface area contributed by atoms with E-state index in [9.17, 15) is 0 Å². The molecule has 1 atom stereocenters. The Hall–Kier alpha value is -0.780. The molecule has 0 fully saturated rings. The summed E-state index contributed by atoms with van der Waals surface area (Å²) in [4.78, 5) is 0. The third kappa shape index (κ3) is 2.42. The molecule has 0 amide bonds. The second-order valence-electron chi connectivity index (χ2n) is 4.91. The summed E-state index contributed by atoms with van der Waals surface area (Å²) in [5.74, 6) is 0.754. The van der Waals surface area contributed by atoms with Crippen molar-refractivity contribution in [2.45, 2.75) is 58.8 Å². The molecule has 0 spiro atoms. The zero-order chi connectivity index (χ0) is 11.5. The molecule has 15 heavy (non-hydrogen) atoms. The Balaban J connectivity index is 0.000000531. The molecule has 0 N–H and O–H groups in total. The molecular formula is C15H24. The molecule has 0 saturated carbocycles. The number of fused-ring (bicyclic) bond motifs is 1. The number of hydrogen-bond donors (Lipinski definition) is 0. The zero-order valence-corrected chi connectivity index (χ0v) is 10.8. The van der Waals surface area contributed by atoms with Crippen LogP contribution in [0.15, 0.2) is 24.3 Å². The molecule has 0 saturated heterocycles. The van der Waals surface area contributed by atoms with Crippen LogP contribution in [0.3, 0.4) is 0 Å². The van der Waals surface area contributed by atoms with Crippen LogP contribution in [-0.2, 0) is 5.41 Å². The Morgan fingerprint density at radius 1 is 1.13 bits per heavy atom. The summed E-state index contributed by atoms with van der Waals surface area (Å²) in [7, 11) is 0. The molecule has 0 radical (unpaired) electrons. The van der Waals surface area contributed by atoms with Gasteiger partial charge >= 0.3 is 0 Å². The third-order valence-corrected chi connectivity index (χ3v) is 3.42. The van der Waals surface area contributed by atoms with Gasteiger partial charge in [-0.3, -0.25) is 0 Å². The fourth-order valence-corrected chi connectivity index (χ4v) is 2.41. The summed E-state index contributed by atoms with van der Waals surface area (Å²) in [5, 5.41) is 0. The van der Waals surface area contributed by atoms with Gasteiger partial charge in [0.2, 0.25) is 0 Å². The molecular weight excluding hydrogens is 180 g/mol. The first-order valence-corrected chi connectivity index (χ1v) is 6.21. The summed E-state index contributed by atoms with van der Waals surface area (Å²) < 4.78 is 0. The van der Waals surface area contributed by atoms with Crippen molar-refractivity contribution in [3.63, 3.8) is 0 Å². The molecule has 0 aromatic heterocycles. The molecule has 2 rings (SSSR count).